The Morgan fingerprint density at radius 3 is 2.05 bits per heavy atom. The van der Waals surface area contributed by atoms with E-state index >= 15 is 0 Å². The molecule has 4 heteroatoms. The fourth-order valence-corrected chi connectivity index (χ4v) is 1.63. The highest BCUT2D eigenvalue weighted by Crippen LogP contribution is 2.16. The summed E-state index contributed by atoms with van der Waals surface area (Å²) in [4.78, 5) is 22.1. The minimum Gasteiger partial charge on any atom is -0.421 e. The molecule has 0 amide bonds. The van der Waals surface area contributed by atoms with Gasteiger partial charge >= 0.3 is 11.9 Å². The predicted octanol–water partition coefficient (Wildman–Crippen LogP) is 2.63. The quantitative estimate of drug-likeness (QED) is 0.465. The number of carbonyl (C=O) groups excluding carboxylic acids is 2. The molecule has 19 heavy (non-hydrogen) atoms. The van der Waals surface area contributed by atoms with Crippen LogP contribution >= 0.6 is 0 Å². The van der Waals surface area contributed by atoms with E-state index in [9.17, 15) is 9.59 Å². The Hall–Kier alpha value is -2.10. The second kappa shape index (κ2) is 7.36. The lowest BCUT2D eigenvalue weighted by atomic mass is 10.0. The molecule has 1 rings (SSSR count). The van der Waals surface area contributed by atoms with E-state index in [1.165, 1.54) is 13.8 Å². The normalized spacial score (nSPS) is 11.3. The van der Waals surface area contributed by atoms with Crippen molar-refractivity contribution in [2.75, 3.05) is 0 Å². The van der Waals surface area contributed by atoms with Gasteiger partial charge in [-0.1, -0.05) is 36.4 Å². The van der Waals surface area contributed by atoms with Crippen molar-refractivity contribution in [2.24, 2.45) is 0 Å². The zero-order valence-electron chi connectivity index (χ0n) is 11.4. The van der Waals surface area contributed by atoms with Gasteiger partial charge in [0.25, 0.3) is 6.29 Å². The molecule has 0 heterocycles. The summed E-state index contributed by atoms with van der Waals surface area (Å²) in [5.41, 5.74) is 1.79. The summed E-state index contributed by atoms with van der Waals surface area (Å²) >= 11 is 0. The molecular weight excluding hydrogens is 244 g/mol. The van der Waals surface area contributed by atoms with Crippen LogP contribution in [0.25, 0.3) is 0 Å². The average Bonchev–Trinajstić information content (AvgIpc) is 2.35. The van der Waals surface area contributed by atoms with E-state index in [0.717, 1.165) is 11.1 Å². The number of hydrogen-bond acceptors (Lipinski definition) is 4. The van der Waals surface area contributed by atoms with Crippen molar-refractivity contribution in [3.8, 4) is 0 Å². The van der Waals surface area contributed by atoms with Gasteiger partial charge < -0.3 is 9.47 Å². The monoisotopic (exact) mass is 262 g/mol. The second-order valence-electron chi connectivity index (χ2n) is 4.08. The van der Waals surface area contributed by atoms with Crippen LogP contribution in [0.5, 0.6) is 0 Å². The Balaban J connectivity index is 2.84. The van der Waals surface area contributed by atoms with Gasteiger partial charge in [-0.05, 0) is 12.5 Å². The first kappa shape index (κ1) is 15.0. The molecule has 0 aliphatic carbocycles. The zero-order chi connectivity index (χ0) is 14.3. The highest BCUT2D eigenvalue weighted by atomic mass is 16.7. The number of benzene rings is 1. The van der Waals surface area contributed by atoms with E-state index in [-0.39, 0.29) is 0 Å². The molecule has 1 aromatic rings. The lowest BCUT2D eigenvalue weighted by molar-refractivity contribution is -0.178. The number of hydrogen-bond donors (Lipinski definition) is 0. The molecule has 0 unspecified atom stereocenters. The largest absolute Gasteiger partial charge is 0.421 e. The van der Waals surface area contributed by atoms with E-state index in [2.05, 4.69) is 0 Å². The van der Waals surface area contributed by atoms with Gasteiger partial charge in [0.1, 0.15) is 0 Å². The van der Waals surface area contributed by atoms with Gasteiger partial charge in [-0.3, -0.25) is 9.59 Å². The van der Waals surface area contributed by atoms with Crippen LogP contribution in [0.1, 0.15) is 26.3 Å². The fourth-order valence-electron chi connectivity index (χ4n) is 1.63. The number of carbonyl (C=O) groups is 2. The molecule has 4 nitrogen and oxygen atoms in total. The molecule has 1 aromatic carbocycles. The maximum atomic E-state index is 11.1. The fraction of sp³-hybridized carbons (Fsp3) is 0.333. The number of ether oxygens (including phenoxy) is 2. The number of allylic oxidation sites excluding steroid dienone is 1. The van der Waals surface area contributed by atoms with Crippen molar-refractivity contribution >= 4 is 11.9 Å². The SMILES string of the molecule is C/C=C(\Cc1ccccc1)C(OC(C)=O)OC(C)=O. The third-order valence-electron chi connectivity index (χ3n) is 2.47. The molecule has 0 N–H and O–H groups in total. The van der Waals surface area contributed by atoms with Gasteiger partial charge in [0.2, 0.25) is 0 Å². The molecule has 102 valence electrons. The van der Waals surface area contributed by atoms with Crippen molar-refractivity contribution in [1.82, 2.24) is 0 Å². The lowest BCUT2D eigenvalue weighted by Gasteiger charge is -2.19. The first-order valence-corrected chi connectivity index (χ1v) is 6.06. The highest BCUT2D eigenvalue weighted by molar-refractivity contribution is 5.68. The van der Waals surface area contributed by atoms with Gasteiger partial charge in [0.05, 0.1) is 0 Å². The molecule has 0 bridgehead atoms. The Morgan fingerprint density at radius 2 is 1.63 bits per heavy atom. The standard InChI is InChI=1S/C15H18O4/c1-4-14(10-13-8-6-5-7-9-13)15(18-11(2)16)19-12(3)17/h4-9,15H,10H2,1-3H3/b14-4+. The Bertz CT molecular complexity index is 446. The van der Waals surface area contributed by atoms with E-state index in [4.69, 9.17) is 9.47 Å². The summed E-state index contributed by atoms with van der Waals surface area (Å²) in [6, 6.07) is 9.70. The third-order valence-corrected chi connectivity index (χ3v) is 2.47. The third kappa shape index (κ3) is 5.38. The summed E-state index contributed by atoms with van der Waals surface area (Å²) in [5, 5.41) is 0. The van der Waals surface area contributed by atoms with Crippen LogP contribution in [-0.4, -0.2) is 18.2 Å². The summed E-state index contributed by atoms with van der Waals surface area (Å²) in [7, 11) is 0. The van der Waals surface area contributed by atoms with E-state index in [1.54, 1.807) is 6.08 Å². The Kier molecular flexibility index (Phi) is 5.79. The molecule has 0 radical (unpaired) electrons. The lowest BCUT2D eigenvalue weighted by Crippen LogP contribution is -2.25. The average molecular weight is 262 g/mol. The first-order chi connectivity index (χ1) is 9.02. The van der Waals surface area contributed by atoms with Gasteiger partial charge in [-0.25, -0.2) is 0 Å². The molecule has 0 fully saturated rings. The Labute approximate surface area is 113 Å². The molecular formula is C15H18O4. The van der Waals surface area contributed by atoms with Crippen LogP contribution in [0.3, 0.4) is 0 Å². The molecule has 0 saturated carbocycles. The molecule has 0 aromatic heterocycles. The molecule has 0 aliphatic rings. The zero-order valence-corrected chi connectivity index (χ0v) is 11.4. The van der Waals surface area contributed by atoms with Gasteiger partial charge in [0.15, 0.2) is 0 Å². The van der Waals surface area contributed by atoms with Crippen molar-refractivity contribution in [3.63, 3.8) is 0 Å². The van der Waals surface area contributed by atoms with Crippen molar-refractivity contribution in [2.45, 2.75) is 33.5 Å². The summed E-state index contributed by atoms with van der Waals surface area (Å²) in [5.74, 6) is -0.975. The summed E-state index contributed by atoms with van der Waals surface area (Å²) in [6.45, 7) is 4.39. The molecule has 0 spiro atoms. The Morgan fingerprint density at radius 1 is 1.11 bits per heavy atom. The van der Waals surface area contributed by atoms with Crippen LogP contribution in [0.2, 0.25) is 0 Å². The van der Waals surface area contributed by atoms with E-state index < -0.39 is 18.2 Å². The van der Waals surface area contributed by atoms with Crippen LogP contribution in [0.15, 0.2) is 42.0 Å². The number of esters is 2. The second-order valence-corrected chi connectivity index (χ2v) is 4.08. The predicted molar refractivity (Wildman–Crippen MR) is 71.2 cm³/mol. The van der Waals surface area contributed by atoms with Crippen LogP contribution < -0.4 is 0 Å². The maximum absolute atomic E-state index is 11.1. The summed E-state index contributed by atoms with van der Waals surface area (Å²) in [6.07, 6.45) is 1.40. The first-order valence-electron chi connectivity index (χ1n) is 6.06. The minimum atomic E-state index is -0.958. The van der Waals surface area contributed by atoms with Crippen LogP contribution in [0.4, 0.5) is 0 Å². The van der Waals surface area contributed by atoms with Gasteiger partial charge in [-0.15, -0.1) is 0 Å². The van der Waals surface area contributed by atoms with Crippen molar-refractivity contribution in [3.05, 3.63) is 47.5 Å². The van der Waals surface area contributed by atoms with E-state index in [0.29, 0.717) is 6.42 Å². The van der Waals surface area contributed by atoms with Crippen LogP contribution in [0, 0.1) is 0 Å². The van der Waals surface area contributed by atoms with Gasteiger partial charge in [-0.2, -0.15) is 0 Å². The van der Waals surface area contributed by atoms with E-state index in [1.807, 2.05) is 37.3 Å². The minimum absolute atomic E-state index is 0.487. The highest BCUT2D eigenvalue weighted by Gasteiger charge is 2.20. The van der Waals surface area contributed by atoms with Crippen molar-refractivity contribution < 1.29 is 19.1 Å². The smallest absolute Gasteiger partial charge is 0.305 e. The number of rotatable bonds is 5. The topological polar surface area (TPSA) is 52.6 Å². The molecule has 0 saturated heterocycles. The van der Waals surface area contributed by atoms with Crippen molar-refractivity contribution in [1.29, 1.82) is 0 Å². The van der Waals surface area contributed by atoms with Gasteiger partial charge in [0, 0.05) is 25.8 Å². The van der Waals surface area contributed by atoms with Crippen LogP contribution in [-0.2, 0) is 25.5 Å². The molecule has 0 aliphatic heterocycles. The maximum Gasteiger partial charge on any atom is 0.305 e. The molecule has 0 atom stereocenters. The summed E-state index contributed by atoms with van der Waals surface area (Å²) < 4.78 is 10.1.